The number of nitrogens with zero attached hydrogens (tertiary/aromatic N) is 2. The zero-order chi connectivity index (χ0) is 13.4. The monoisotopic (exact) mass is 271 g/mol. The molecule has 2 atom stereocenters. The quantitative estimate of drug-likeness (QED) is 0.781. The number of anilines is 1. The predicted octanol–water partition coefficient (Wildman–Crippen LogP) is 1.83. The van der Waals surface area contributed by atoms with Crippen LogP contribution in [0.4, 0.5) is 5.95 Å². The lowest BCUT2D eigenvalue weighted by Gasteiger charge is -2.10. The maximum atomic E-state index is 11.2. The Morgan fingerprint density at radius 3 is 3.00 bits per heavy atom. The number of rotatable bonds is 8. The lowest BCUT2D eigenvalue weighted by atomic mass is 10.3. The number of hydrogen-bond donors (Lipinski definition) is 1. The Kier molecular flexibility index (Phi) is 6.64. The van der Waals surface area contributed by atoms with Crippen molar-refractivity contribution in [2.24, 2.45) is 0 Å². The highest BCUT2D eigenvalue weighted by atomic mass is 32.2. The molecule has 0 aliphatic carbocycles. The fourth-order valence-electron chi connectivity index (χ4n) is 1.27. The average molecular weight is 271 g/mol. The van der Waals surface area contributed by atoms with Crippen LogP contribution in [0.3, 0.4) is 0 Å². The van der Waals surface area contributed by atoms with Gasteiger partial charge in [-0.2, -0.15) is 4.98 Å². The van der Waals surface area contributed by atoms with Gasteiger partial charge in [0.05, 0.1) is 6.61 Å². The summed E-state index contributed by atoms with van der Waals surface area (Å²) < 4.78 is 16.6. The van der Waals surface area contributed by atoms with Crippen LogP contribution in [0.5, 0.6) is 5.88 Å². The van der Waals surface area contributed by atoms with Crippen LogP contribution in [0.15, 0.2) is 12.3 Å². The van der Waals surface area contributed by atoms with E-state index >= 15 is 0 Å². The van der Waals surface area contributed by atoms with E-state index in [0.29, 0.717) is 25.0 Å². The molecule has 1 rings (SSSR count). The maximum Gasteiger partial charge on any atom is 0.225 e. The fraction of sp³-hybridized carbons (Fsp3) is 0.667. The Balaban J connectivity index is 2.40. The molecule has 6 heteroatoms. The first-order chi connectivity index (χ1) is 8.63. The molecule has 1 aromatic rings. The Bertz CT molecular complexity index is 387. The summed E-state index contributed by atoms with van der Waals surface area (Å²) in [5, 5.41) is 3.29. The van der Waals surface area contributed by atoms with Crippen LogP contribution in [-0.4, -0.2) is 38.8 Å². The number of ether oxygens (including phenoxy) is 1. The topological polar surface area (TPSA) is 64.1 Å². The first-order valence-corrected chi connectivity index (χ1v) is 7.77. The van der Waals surface area contributed by atoms with Gasteiger partial charge in [-0.05, 0) is 12.8 Å². The van der Waals surface area contributed by atoms with Crippen LogP contribution in [-0.2, 0) is 10.8 Å². The highest BCUT2D eigenvalue weighted by Crippen LogP contribution is 2.09. The zero-order valence-corrected chi connectivity index (χ0v) is 12.0. The molecule has 1 aromatic heterocycles. The van der Waals surface area contributed by atoms with Crippen molar-refractivity contribution < 1.29 is 8.95 Å². The lowest BCUT2D eigenvalue weighted by molar-refractivity contribution is 0.305. The second kappa shape index (κ2) is 8.02. The second-order valence-electron chi connectivity index (χ2n) is 4.09. The van der Waals surface area contributed by atoms with Gasteiger partial charge in [0.1, 0.15) is 0 Å². The zero-order valence-electron chi connectivity index (χ0n) is 11.2. The Morgan fingerprint density at radius 2 is 2.33 bits per heavy atom. The molecule has 0 aromatic carbocycles. The van der Waals surface area contributed by atoms with Gasteiger partial charge in [-0.1, -0.05) is 13.8 Å². The molecule has 18 heavy (non-hydrogen) atoms. The van der Waals surface area contributed by atoms with Crippen molar-refractivity contribution >= 4 is 16.7 Å². The molecule has 1 heterocycles. The molecule has 0 radical (unpaired) electrons. The summed E-state index contributed by atoms with van der Waals surface area (Å²) in [7, 11) is -0.782. The standard InChI is InChI=1S/C12H21N3O2S/c1-4-9-17-11-6-8-14-12(15-11)13-7-5-10(2)18(3)16/h6,8,10H,4-5,7,9H2,1-3H3,(H,13,14,15). The van der Waals surface area contributed by atoms with Gasteiger partial charge in [0, 0.05) is 41.1 Å². The van der Waals surface area contributed by atoms with Crippen molar-refractivity contribution in [1.82, 2.24) is 9.97 Å². The first kappa shape index (κ1) is 14.9. The van der Waals surface area contributed by atoms with E-state index in [2.05, 4.69) is 15.3 Å². The van der Waals surface area contributed by atoms with Crippen molar-refractivity contribution in [3.63, 3.8) is 0 Å². The lowest BCUT2D eigenvalue weighted by Crippen LogP contribution is -2.15. The van der Waals surface area contributed by atoms with Crippen LogP contribution in [0.25, 0.3) is 0 Å². The van der Waals surface area contributed by atoms with Crippen molar-refractivity contribution in [3.05, 3.63) is 12.3 Å². The van der Waals surface area contributed by atoms with Crippen molar-refractivity contribution in [3.8, 4) is 5.88 Å². The molecule has 0 fully saturated rings. The van der Waals surface area contributed by atoms with E-state index in [4.69, 9.17) is 4.74 Å². The SMILES string of the molecule is CCCOc1ccnc(NCCC(C)S(C)=O)n1. The molecule has 0 spiro atoms. The van der Waals surface area contributed by atoms with E-state index in [-0.39, 0.29) is 5.25 Å². The van der Waals surface area contributed by atoms with Gasteiger partial charge < -0.3 is 10.1 Å². The summed E-state index contributed by atoms with van der Waals surface area (Å²) in [4.78, 5) is 8.34. The molecule has 5 nitrogen and oxygen atoms in total. The van der Waals surface area contributed by atoms with Crippen LogP contribution >= 0.6 is 0 Å². The summed E-state index contributed by atoms with van der Waals surface area (Å²) in [6.45, 7) is 5.38. The summed E-state index contributed by atoms with van der Waals surface area (Å²) in [5.74, 6) is 1.14. The van der Waals surface area contributed by atoms with E-state index in [1.165, 1.54) is 0 Å². The maximum absolute atomic E-state index is 11.2. The van der Waals surface area contributed by atoms with Gasteiger partial charge in [0.2, 0.25) is 11.8 Å². The van der Waals surface area contributed by atoms with Gasteiger partial charge in [-0.15, -0.1) is 0 Å². The molecule has 1 N–H and O–H groups in total. The first-order valence-electron chi connectivity index (χ1n) is 6.15. The minimum atomic E-state index is -0.782. The van der Waals surface area contributed by atoms with E-state index in [1.54, 1.807) is 18.5 Å². The smallest absolute Gasteiger partial charge is 0.225 e. The molecule has 0 bridgehead atoms. The summed E-state index contributed by atoms with van der Waals surface area (Å²) in [6, 6.07) is 1.74. The predicted molar refractivity (Wildman–Crippen MR) is 74.5 cm³/mol. The second-order valence-corrected chi connectivity index (χ2v) is 5.89. The third-order valence-electron chi connectivity index (χ3n) is 2.48. The number of aromatic nitrogens is 2. The fourth-order valence-corrected chi connectivity index (χ4v) is 1.72. The molecule has 0 aliphatic rings. The van der Waals surface area contributed by atoms with Crippen LogP contribution < -0.4 is 10.1 Å². The number of hydrogen-bond acceptors (Lipinski definition) is 5. The molecule has 0 amide bonds. The van der Waals surface area contributed by atoms with Crippen LogP contribution in [0.1, 0.15) is 26.7 Å². The largest absolute Gasteiger partial charge is 0.478 e. The summed E-state index contributed by atoms with van der Waals surface area (Å²) >= 11 is 0. The minimum absolute atomic E-state index is 0.178. The molecular formula is C12H21N3O2S. The summed E-state index contributed by atoms with van der Waals surface area (Å²) in [5.41, 5.74) is 0. The van der Waals surface area contributed by atoms with E-state index in [1.807, 2.05) is 13.8 Å². The van der Waals surface area contributed by atoms with Gasteiger partial charge >= 0.3 is 0 Å². The molecule has 0 aliphatic heterocycles. The van der Waals surface area contributed by atoms with Crippen molar-refractivity contribution in [1.29, 1.82) is 0 Å². The van der Waals surface area contributed by atoms with E-state index < -0.39 is 10.8 Å². The molecule has 2 unspecified atom stereocenters. The molecule has 102 valence electrons. The highest BCUT2D eigenvalue weighted by molar-refractivity contribution is 7.84. The molecular weight excluding hydrogens is 250 g/mol. The van der Waals surface area contributed by atoms with E-state index in [0.717, 1.165) is 12.8 Å². The molecule has 0 saturated carbocycles. The van der Waals surface area contributed by atoms with Gasteiger partial charge in [0.25, 0.3) is 0 Å². The Hall–Kier alpha value is -1.17. The van der Waals surface area contributed by atoms with Crippen molar-refractivity contribution in [2.75, 3.05) is 24.7 Å². The van der Waals surface area contributed by atoms with Gasteiger partial charge in [-0.25, -0.2) is 4.98 Å². The van der Waals surface area contributed by atoms with Crippen LogP contribution in [0.2, 0.25) is 0 Å². The van der Waals surface area contributed by atoms with Crippen molar-refractivity contribution in [2.45, 2.75) is 31.9 Å². The summed E-state index contributed by atoms with van der Waals surface area (Å²) in [6.07, 6.45) is 5.17. The molecule has 0 saturated heterocycles. The normalized spacial score (nSPS) is 13.9. The van der Waals surface area contributed by atoms with E-state index in [9.17, 15) is 4.21 Å². The Morgan fingerprint density at radius 1 is 1.56 bits per heavy atom. The third kappa shape index (κ3) is 5.44. The number of nitrogens with one attached hydrogen (secondary N) is 1. The van der Waals surface area contributed by atoms with Crippen LogP contribution in [0, 0.1) is 0 Å². The third-order valence-corrected chi connectivity index (χ3v) is 3.85. The minimum Gasteiger partial charge on any atom is -0.478 e. The average Bonchev–Trinajstić information content (AvgIpc) is 2.36. The highest BCUT2D eigenvalue weighted by Gasteiger charge is 2.06. The van der Waals surface area contributed by atoms with Gasteiger partial charge in [-0.3, -0.25) is 4.21 Å². The van der Waals surface area contributed by atoms with Gasteiger partial charge in [0.15, 0.2) is 0 Å². The Labute approximate surface area is 111 Å².